The minimum atomic E-state index is 0.254. The quantitative estimate of drug-likeness (QED) is 0.492. The Morgan fingerprint density at radius 1 is 0.964 bits per heavy atom. The number of aromatic nitrogens is 2. The number of ether oxygens (including phenoxy) is 2. The first-order chi connectivity index (χ1) is 13.8. The maximum atomic E-state index is 5.44. The second-order valence-corrected chi connectivity index (χ2v) is 7.39. The number of hydrogen-bond donors (Lipinski definition) is 2. The lowest BCUT2D eigenvalue weighted by molar-refractivity contribution is 0.174. The summed E-state index contributed by atoms with van der Waals surface area (Å²) in [5.74, 6) is 2.84. The van der Waals surface area contributed by atoms with E-state index in [4.69, 9.17) is 14.5 Å². The molecule has 2 aromatic heterocycles. The van der Waals surface area contributed by atoms with Gasteiger partial charge in [0.1, 0.15) is 5.82 Å². The van der Waals surface area contributed by atoms with Crippen LogP contribution >= 0.6 is 11.3 Å². The molecule has 5 rings (SSSR count). The summed E-state index contributed by atoms with van der Waals surface area (Å²) in [5, 5.41) is 9.84. The Kier molecular flexibility index (Phi) is 4.42. The number of nitrogens with zero attached hydrogens (tertiary/aromatic N) is 2. The molecule has 2 aromatic carbocycles. The van der Waals surface area contributed by atoms with Crippen LogP contribution in [0.25, 0.3) is 10.9 Å². The first-order valence-corrected chi connectivity index (χ1v) is 9.93. The average molecular weight is 390 g/mol. The van der Waals surface area contributed by atoms with Crippen LogP contribution in [0.2, 0.25) is 0 Å². The Hall–Kier alpha value is -3.32. The van der Waals surface area contributed by atoms with Crippen molar-refractivity contribution in [3.63, 3.8) is 0 Å². The molecule has 0 bridgehead atoms. The summed E-state index contributed by atoms with van der Waals surface area (Å²) in [4.78, 5) is 10.7. The van der Waals surface area contributed by atoms with Crippen molar-refractivity contribution in [1.29, 1.82) is 0 Å². The average Bonchev–Trinajstić information content (AvgIpc) is 3.39. The van der Waals surface area contributed by atoms with Crippen molar-refractivity contribution >= 4 is 39.7 Å². The zero-order chi connectivity index (χ0) is 18.8. The minimum absolute atomic E-state index is 0.254. The fourth-order valence-electron chi connectivity index (χ4n) is 3.13. The fourth-order valence-corrected chi connectivity index (χ4v) is 3.84. The van der Waals surface area contributed by atoms with Crippen molar-refractivity contribution < 1.29 is 9.47 Å². The van der Waals surface area contributed by atoms with E-state index >= 15 is 0 Å². The Balaban J connectivity index is 1.41. The van der Waals surface area contributed by atoms with Crippen molar-refractivity contribution in [3.8, 4) is 11.5 Å². The SMILES string of the molecule is c1csc(CCNc2nc(Nc3ccc4c(c3)OCO4)nc3ccccc23)c1. The molecule has 0 saturated heterocycles. The summed E-state index contributed by atoms with van der Waals surface area (Å²) in [7, 11) is 0. The number of benzene rings is 2. The molecule has 1 aliphatic rings. The first-order valence-electron chi connectivity index (χ1n) is 9.05. The van der Waals surface area contributed by atoms with Gasteiger partial charge in [-0.05, 0) is 42.1 Å². The highest BCUT2D eigenvalue weighted by Gasteiger charge is 2.14. The topological polar surface area (TPSA) is 68.3 Å². The van der Waals surface area contributed by atoms with Gasteiger partial charge in [-0.15, -0.1) is 11.3 Å². The van der Waals surface area contributed by atoms with Crippen LogP contribution in [0.1, 0.15) is 4.88 Å². The lowest BCUT2D eigenvalue weighted by Gasteiger charge is -2.12. The molecule has 3 heterocycles. The second-order valence-electron chi connectivity index (χ2n) is 6.36. The third kappa shape index (κ3) is 3.44. The van der Waals surface area contributed by atoms with Crippen molar-refractivity contribution in [2.45, 2.75) is 6.42 Å². The smallest absolute Gasteiger partial charge is 0.231 e. The number of hydrogen-bond acceptors (Lipinski definition) is 7. The number of para-hydroxylation sites is 1. The molecular formula is C21H18N4O2S. The van der Waals surface area contributed by atoms with Crippen LogP contribution in [0, 0.1) is 0 Å². The molecule has 7 heteroatoms. The molecule has 0 unspecified atom stereocenters. The van der Waals surface area contributed by atoms with Gasteiger partial charge in [0.2, 0.25) is 12.7 Å². The van der Waals surface area contributed by atoms with Gasteiger partial charge in [0.25, 0.3) is 0 Å². The summed E-state index contributed by atoms with van der Waals surface area (Å²) in [5.41, 5.74) is 1.74. The zero-order valence-corrected chi connectivity index (χ0v) is 15.8. The Morgan fingerprint density at radius 2 is 1.89 bits per heavy atom. The van der Waals surface area contributed by atoms with Crippen LogP contribution in [0.4, 0.5) is 17.5 Å². The van der Waals surface area contributed by atoms with Gasteiger partial charge in [-0.2, -0.15) is 4.98 Å². The van der Waals surface area contributed by atoms with Crippen LogP contribution in [-0.2, 0) is 6.42 Å². The molecule has 6 nitrogen and oxygen atoms in total. The molecule has 0 fully saturated rings. The third-order valence-corrected chi connectivity index (χ3v) is 5.41. The largest absolute Gasteiger partial charge is 0.454 e. The van der Waals surface area contributed by atoms with Gasteiger partial charge in [-0.1, -0.05) is 18.2 Å². The van der Waals surface area contributed by atoms with Gasteiger partial charge >= 0.3 is 0 Å². The van der Waals surface area contributed by atoms with Gasteiger partial charge in [0.05, 0.1) is 5.52 Å². The van der Waals surface area contributed by atoms with E-state index in [1.54, 1.807) is 11.3 Å². The van der Waals surface area contributed by atoms with E-state index in [0.717, 1.165) is 46.9 Å². The van der Waals surface area contributed by atoms with E-state index in [1.165, 1.54) is 4.88 Å². The van der Waals surface area contributed by atoms with Crippen molar-refractivity contribution in [2.24, 2.45) is 0 Å². The van der Waals surface area contributed by atoms with E-state index < -0.39 is 0 Å². The highest BCUT2D eigenvalue weighted by Crippen LogP contribution is 2.35. The summed E-state index contributed by atoms with van der Waals surface area (Å²) in [6.45, 7) is 1.06. The van der Waals surface area contributed by atoms with E-state index in [-0.39, 0.29) is 6.79 Å². The molecule has 28 heavy (non-hydrogen) atoms. The van der Waals surface area contributed by atoms with Gasteiger partial charge in [0, 0.05) is 28.6 Å². The normalized spacial score (nSPS) is 12.3. The van der Waals surface area contributed by atoms with Gasteiger partial charge in [0.15, 0.2) is 11.5 Å². The number of fused-ring (bicyclic) bond motifs is 2. The highest BCUT2D eigenvalue weighted by molar-refractivity contribution is 7.09. The van der Waals surface area contributed by atoms with Crippen LogP contribution in [0.15, 0.2) is 60.0 Å². The van der Waals surface area contributed by atoms with Crippen molar-refractivity contribution in [1.82, 2.24) is 9.97 Å². The summed E-state index contributed by atoms with van der Waals surface area (Å²) in [6, 6.07) is 17.9. The maximum Gasteiger partial charge on any atom is 0.231 e. The Bertz CT molecular complexity index is 1110. The van der Waals surface area contributed by atoms with Crippen LogP contribution < -0.4 is 20.1 Å². The molecule has 140 valence electrons. The number of nitrogens with one attached hydrogen (secondary N) is 2. The lowest BCUT2D eigenvalue weighted by Crippen LogP contribution is -2.08. The van der Waals surface area contributed by atoms with E-state index in [1.807, 2.05) is 42.5 Å². The van der Waals surface area contributed by atoms with Gasteiger partial charge < -0.3 is 20.1 Å². The molecule has 0 saturated carbocycles. The van der Waals surface area contributed by atoms with Gasteiger partial charge in [-0.3, -0.25) is 0 Å². The van der Waals surface area contributed by atoms with Crippen LogP contribution in [0.5, 0.6) is 11.5 Å². The Labute approximate surface area is 166 Å². The molecule has 0 spiro atoms. The van der Waals surface area contributed by atoms with Crippen molar-refractivity contribution in [3.05, 3.63) is 64.9 Å². The van der Waals surface area contributed by atoms with Crippen LogP contribution in [0.3, 0.4) is 0 Å². The standard InChI is InChI=1S/C21H18N4O2S/c1-2-6-17-16(5-1)20(22-10-9-15-4-3-11-28-15)25-21(24-17)23-14-7-8-18-19(12-14)27-13-26-18/h1-8,11-12H,9-10,13H2,(H2,22,23,24,25). The molecular weight excluding hydrogens is 372 g/mol. The molecule has 0 radical (unpaired) electrons. The maximum absolute atomic E-state index is 5.44. The van der Waals surface area contributed by atoms with E-state index in [2.05, 4.69) is 33.1 Å². The van der Waals surface area contributed by atoms with Crippen LogP contribution in [-0.4, -0.2) is 23.3 Å². The summed E-state index contributed by atoms with van der Waals surface area (Å²) >= 11 is 1.77. The summed E-state index contributed by atoms with van der Waals surface area (Å²) in [6.07, 6.45) is 0.959. The number of anilines is 3. The molecule has 4 aromatic rings. The molecule has 0 atom stereocenters. The van der Waals surface area contributed by atoms with Gasteiger partial charge in [-0.25, -0.2) is 4.98 Å². The highest BCUT2D eigenvalue weighted by atomic mass is 32.1. The van der Waals surface area contributed by atoms with E-state index in [9.17, 15) is 0 Å². The predicted molar refractivity (Wildman–Crippen MR) is 112 cm³/mol. The third-order valence-electron chi connectivity index (χ3n) is 4.48. The fraction of sp³-hybridized carbons (Fsp3) is 0.143. The number of thiophene rings is 1. The lowest BCUT2D eigenvalue weighted by atomic mass is 10.2. The second kappa shape index (κ2) is 7.36. The molecule has 0 aliphatic carbocycles. The molecule has 0 amide bonds. The molecule has 1 aliphatic heterocycles. The first kappa shape index (κ1) is 16.8. The Morgan fingerprint density at radius 3 is 2.82 bits per heavy atom. The predicted octanol–water partition coefficient (Wildman–Crippen LogP) is 4.82. The minimum Gasteiger partial charge on any atom is -0.454 e. The van der Waals surface area contributed by atoms with Crippen molar-refractivity contribution in [2.75, 3.05) is 24.0 Å². The van der Waals surface area contributed by atoms with E-state index in [0.29, 0.717) is 5.95 Å². The summed E-state index contributed by atoms with van der Waals surface area (Å²) < 4.78 is 10.8. The number of rotatable bonds is 6. The molecule has 2 N–H and O–H groups in total. The monoisotopic (exact) mass is 390 g/mol. The zero-order valence-electron chi connectivity index (χ0n) is 15.0.